The first kappa shape index (κ1) is 12.9. The third-order valence-corrected chi connectivity index (χ3v) is 5.34. The summed E-state index contributed by atoms with van der Waals surface area (Å²) in [4.78, 5) is 8.19. The molecule has 2 heterocycles. The standard InChI is InChI=1S/C14H21N3OS/c1-18-11-4-6-14(7-5-11)10-16-13(15)17(14)9-12-3-2-8-19-12/h2-3,8,11H,4-7,9-10H2,1H3,(H2,15,16). The Labute approximate surface area is 118 Å². The van der Waals surface area contributed by atoms with Gasteiger partial charge in [0.25, 0.3) is 0 Å². The molecule has 0 amide bonds. The molecule has 5 heteroatoms. The second kappa shape index (κ2) is 5.13. The first-order valence-electron chi connectivity index (χ1n) is 6.86. The van der Waals surface area contributed by atoms with Gasteiger partial charge in [-0.3, -0.25) is 4.99 Å². The normalized spacial score (nSPS) is 30.9. The van der Waals surface area contributed by atoms with Crippen molar-refractivity contribution in [2.24, 2.45) is 10.7 Å². The van der Waals surface area contributed by atoms with Crippen molar-refractivity contribution >= 4 is 17.3 Å². The number of hydrogen-bond donors (Lipinski definition) is 1. The van der Waals surface area contributed by atoms with E-state index < -0.39 is 0 Å². The van der Waals surface area contributed by atoms with Crippen molar-refractivity contribution in [1.82, 2.24) is 4.90 Å². The highest BCUT2D eigenvalue weighted by Gasteiger charge is 2.44. The van der Waals surface area contributed by atoms with E-state index in [2.05, 4.69) is 27.4 Å². The summed E-state index contributed by atoms with van der Waals surface area (Å²) in [5.74, 6) is 0.712. The Morgan fingerprint density at radius 1 is 1.53 bits per heavy atom. The molecule has 0 bridgehead atoms. The van der Waals surface area contributed by atoms with Crippen LogP contribution in [0.2, 0.25) is 0 Å². The number of guanidine groups is 1. The van der Waals surface area contributed by atoms with Gasteiger partial charge in [0.2, 0.25) is 0 Å². The Kier molecular flexibility index (Phi) is 3.50. The average molecular weight is 279 g/mol. The monoisotopic (exact) mass is 279 g/mol. The number of hydrogen-bond acceptors (Lipinski definition) is 5. The molecular formula is C14H21N3OS. The van der Waals surface area contributed by atoms with Gasteiger partial charge in [0.15, 0.2) is 5.96 Å². The van der Waals surface area contributed by atoms with Gasteiger partial charge in [-0.25, -0.2) is 0 Å². The van der Waals surface area contributed by atoms with Crippen LogP contribution in [-0.2, 0) is 11.3 Å². The first-order chi connectivity index (χ1) is 9.23. The minimum Gasteiger partial charge on any atom is -0.381 e. The van der Waals surface area contributed by atoms with E-state index in [1.165, 1.54) is 4.88 Å². The predicted molar refractivity (Wildman–Crippen MR) is 78.3 cm³/mol. The maximum atomic E-state index is 6.12. The fourth-order valence-electron chi connectivity index (χ4n) is 3.24. The van der Waals surface area contributed by atoms with Gasteiger partial charge < -0.3 is 15.4 Å². The van der Waals surface area contributed by atoms with Crippen molar-refractivity contribution in [2.45, 2.75) is 43.9 Å². The van der Waals surface area contributed by atoms with Crippen molar-refractivity contribution in [3.8, 4) is 0 Å². The molecular weight excluding hydrogens is 258 g/mol. The van der Waals surface area contributed by atoms with Crippen LogP contribution in [0.3, 0.4) is 0 Å². The Morgan fingerprint density at radius 2 is 2.32 bits per heavy atom. The van der Waals surface area contributed by atoms with E-state index in [0.717, 1.165) is 38.8 Å². The summed E-state index contributed by atoms with van der Waals surface area (Å²) >= 11 is 1.79. The molecule has 0 saturated heterocycles. The maximum Gasteiger partial charge on any atom is 0.192 e. The molecule has 2 aliphatic rings. The van der Waals surface area contributed by atoms with Crippen LogP contribution in [0.4, 0.5) is 0 Å². The Morgan fingerprint density at radius 3 is 2.95 bits per heavy atom. The second-order valence-corrected chi connectivity index (χ2v) is 6.53. The third kappa shape index (κ3) is 2.37. The predicted octanol–water partition coefficient (Wildman–Crippen LogP) is 2.21. The van der Waals surface area contributed by atoms with Crippen molar-refractivity contribution in [3.05, 3.63) is 22.4 Å². The van der Waals surface area contributed by atoms with Crippen LogP contribution in [0.15, 0.2) is 22.5 Å². The smallest absolute Gasteiger partial charge is 0.192 e. The molecule has 1 spiro atoms. The lowest BCUT2D eigenvalue weighted by Crippen LogP contribution is -2.53. The Hall–Kier alpha value is -1.07. The van der Waals surface area contributed by atoms with E-state index in [9.17, 15) is 0 Å². The third-order valence-electron chi connectivity index (χ3n) is 4.48. The highest BCUT2D eigenvalue weighted by atomic mass is 32.1. The zero-order valence-corrected chi connectivity index (χ0v) is 12.2. The van der Waals surface area contributed by atoms with Crippen LogP contribution >= 0.6 is 11.3 Å². The number of methoxy groups -OCH3 is 1. The summed E-state index contributed by atoms with van der Waals surface area (Å²) in [5.41, 5.74) is 6.26. The summed E-state index contributed by atoms with van der Waals surface area (Å²) in [7, 11) is 1.81. The topological polar surface area (TPSA) is 50.9 Å². The minimum atomic E-state index is 0.142. The first-order valence-corrected chi connectivity index (χ1v) is 7.74. The Balaban J connectivity index is 1.74. The molecule has 1 aromatic rings. The van der Waals surface area contributed by atoms with Crippen molar-refractivity contribution in [3.63, 3.8) is 0 Å². The van der Waals surface area contributed by atoms with Crippen LogP contribution in [0, 0.1) is 0 Å². The van der Waals surface area contributed by atoms with Crippen molar-refractivity contribution in [2.75, 3.05) is 13.7 Å². The zero-order valence-electron chi connectivity index (χ0n) is 11.3. The molecule has 2 N–H and O–H groups in total. The van der Waals surface area contributed by atoms with Gasteiger partial charge in [0.05, 0.1) is 24.7 Å². The van der Waals surface area contributed by atoms with Gasteiger partial charge >= 0.3 is 0 Å². The van der Waals surface area contributed by atoms with E-state index in [4.69, 9.17) is 10.5 Å². The van der Waals surface area contributed by atoms with E-state index in [1.54, 1.807) is 11.3 Å². The summed E-state index contributed by atoms with van der Waals surface area (Å²) in [6, 6.07) is 4.27. The summed E-state index contributed by atoms with van der Waals surface area (Å²) in [6.45, 7) is 1.74. The van der Waals surface area contributed by atoms with Crippen LogP contribution in [-0.4, -0.2) is 36.2 Å². The molecule has 3 rings (SSSR count). The average Bonchev–Trinajstić information content (AvgIpc) is 3.04. The van der Waals surface area contributed by atoms with Gasteiger partial charge in [0, 0.05) is 12.0 Å². The molecule has 19 heavy (non-hydrogen) atoms. The van der Waals surface area contributed by atoms with Gasteiger partial charge in [-0.05, 0) is 37.1 Å². The van der Waals surface area contributed by atoms with Gasteiger partial charge in [-0.1, -0.05) is 6.07 Å². The highest BCUT2D eigenvalue weighted by molar-refractivity contribution is 7.09. The van der Waals surface area contributed by atoms with Gasteiger partial charge in [-0.15, -0.1) is 11.3 Å². The van der Waals surface area contributed by atoms with Crippen LogP contribution in [0.1, 0.15) is 30.6 Å². The number of nitrogens with two attached hydrogens (primary N) is 1. The molecule has 1 fully saturated rings. The van der Waals surface area contributed by atoms with E-state index in [0.29, 0.717) is 12.1 Å². The van der Waals surface area contributed by atoms with E-state index in [-0.39, 0.29) is 5.54 Å². The molecule has 1 aliphatic carbocycles. The number of nitrogens with zero attached hydrogens (tertiary/aromatic N) is 2. The fraction of sp³-hybridized carbons (Fsp3) is 0.643. The Bertz CT molecular complexity index is 449. The molecule has 0 aromatic carbocycles. The lowest BCUT2D eigenvalue weighted by Gasteiger charge is -2.43. The van der Waals surface area contributed by atoms with Gasteiger partial charge in [-0.2, -0.15) is 0 Å². The highest BCUT2D eigenvalue weighted by Crippen LogP contribution is 2.38. The molecule has 0 radical (unpaired) electrons. The van der Waals surface area contributed by atoms with Gasteiger partial charge in [0.1, 0.15) is 0 Å². The van der Waals surface area contributed by atoms with E-state index in [1.807, 2.05) is 7.11 Å². The molecule has 0 atom stereocenters. The van der Waals surface area contributed by atoms with E-state index >= 15 is 0 Å². The maximum absolute atomic E-state index is 6.12. The molecule has 0 unspecified atom stereocenters. The fourth-order valence-corrected chi connectivity index (χ4v) is 3.93. The molecule has 1 aromatic heterocycles. The number of rotatable bonds is 3. The molecule has 104 valence electrons. The quantitative estimate of drug-likeness (QED) is 0.923. The number of ether oxygens (including phenoxy) is 1. The van der Waals surface area contributed by atoms with Crippen molar-refractivity contribution in [1.29, 1.82) is 0 Å². The number of thiophene rings is 1. The zero-order chi connectivity index (χ0) is 13.3. The summed E-state index contributed by atoms with van der Waals surface area (Å²) < 4.78 is 5.48. The van der Waals surface area contributed by atoms with Crippen LogP contribution in [0.5, 0.6) is 0 Å². The van der Waals surface area contributed by atoms with Crippen LogP contribution in [0.25, 0.3) is 0 Å². The van der Waals surface area contributed by atoms with Crippen LogP contribution < -0.4 is 5.73 Å². The lowest BCUT2D eigenvalue weighted by atomic mass is 9.79. The molecule has 4 nitrogen and oxygen atoms in total. The second-order valence-electron chi connectivity index (χ2n) is 5.50. The lowest BCUT2D eigenvalue weighted by molar-refractivity contribution is 0.0216. The largest absolute Gasteiger partial charge is 0.381 e. The minimum absolute atomic E-state index is 0.142. The number of aliphatic imine (C=N–C) groups is 1. The van der Waals surface area contributed by atoms with Crippen molar-refractivity contribution < 1.29 is 4.74 Å². The summed E-state index contributed by atoms with van der Waals surface area (Å²) in [6.07, 6.45) is 4.89. The summed E-state index contributed by atoms with van der Waals surface area (Å²) in [5, 5.41) is 2.12. The molecule has 1 aliphatic heterocycles. The molecule has 1 saturated carbocycles. The SMILES string of the molecule is COC1CCC2(CC1)CN=C(N)N2Cc1cccs1.